The second-order valence-corrected chi connectivity index (χ2v) is 7.25. The Labute approximate surface area is 162 Å². The van der Waals surface area contributed by atoms with Crippen LogP contribution in [0.25, 0.3) is 0 Å². The molecule has 0 N–H and O–H groups in total. The van der Waals surface area contributed by atoms with E-state index >= 15 is 0 Å². The number of benzene rings is 2. The van der Waals surface area contributed by atoms with Crippen molar-refractivity contribution in [2.75, 3.05) is 6.61 Å². The van der Waals surface area contributed by atoms with Gasteiger partial charge in [0.15, 0.2) is 6.61 Å². The van der Waals surface area contributed by atoms with Gasteiger partial charge in [0.05, 0.1) is 11.1 Å². The predicted molar refractivity (Wildman–Crippen MR) is 99.5 cm³/mol. The summed E-state index contributed by atoms with van der Waals surface area (Å²) in [7, 11) is 0. The van der Waals surface area contributed by atoms with Gasteiger partial charge in [-0.2, -0.15) is 0 Å². The molecule has 0 unspecified atom stereocenters. The molecule has 0 aromatic heterocycles. The number of imide groups is 1. The van der Waals surface area contributed by atoms with E-state index < -0.39 is 23.4 Å². The molecule has 0 aliphatic carbocycles. The van der Waals surface area contributed by atoms with E-state index in [1.807, 2.05) is 0 Å². The summed E-state index contributed by atoms with van der Waals surface area (Å²) in [6, 6.07) is 13.4. The number of ether oxygens (including phenoxy) is 2. The molecule has 0 spiro atoms. The molecule has 0 atom stereocenters. The van der Waals surface area contributed by atoms with E-state index in [0.29, 0.717) is 22.4 Å². The molecule has 0 saturated carbocycles. The quantitative estimate of drug-likeness (QED) is 0.563. The van der Waals surface area contributed by atoms with E-state index in [4.69, 9.17) is 14.3 Å². The Morgan fingerprint density at radius 3 is 2.21 bits per heavy atom. The molecule has 28 heavy (non-hydrogen) atoms. The molecule has 3 rings (SSSR count). The lowest BCUT2D eigenvalue weighted by molar-refractivity contribution is -0.157. The van der Waals surface area contributed by atoms with Crippen LogP contribution in [0.15, 0.2) is 48.5 Å². The fraction of sp³-hybridized carbons (Fsp3) is 0.286. The fourth-order valence-electron chi connectivity index (χ4n) is 2.66. The van der Waals surface area contributed by atoms with Crippen molar-refractivity contribution in [3.63, 3.8) is 0 Å². The van der Waals surface area contributed by atoms with E-state index in [1.165, 1.54) is 0 Å². The van der Waals surface area contributed by atoms with Crippen LogP contribution in [-0.4, -0.2) is 35.1 Å². The number of carbonyl (C=O) groups is 3. The summed E-state index contributed by atoms with van der Waals surface area (Å²) in [6.45, 7) is 5.11. The highest BCUT2D eigenvalue weighted by Gasteiger charge is 2.36. The van der Waals surface area contributed by atoms with E-state index in [1.54, 1.807) is 69.3 Å². The van der Waals surface area contributed by atoms with Gasteiger partial charge in [0, 0.05) is 0 Å². The summed E-state index contributed by atoms with van der Waals surface area (Å²) in [5.41, 5.74) is 0.741. The summed E-state index contributed by atoms with van der Waals surface area (Å²) in [4.78, 5) is 41.8. The molecule has 2 aromatic carbocycles. The highest BCUT2D eigenvalue weighted by atomic mass is 16.7. The third-order valence-electron chi connectivity index (χ3n) is 3.79. The molecule has 0 radical (unpaired) electrons. The monoisotopic (exact) mass is 383 g/mol. The van der Waals surface area contributed by atoms with Crippen LogP contribution in [-0.2, 0) is 21.0 Å². The van der Waals surface area contributed by atoms with Crippen molar-refractivity contribution in [1.82, 2.24) is 5.06 Å². The van der Waals surface area contributed by atoms with Crippen molar-refractivity contribution in [3.05, 3.63) is 65.2 Å². The number of hydrogen-bond acceptors (Lipinski definition) is 6. The van der Waals surface area contributed by atoms with Crippen LogP contribution in [0.2, 0.25) is 0 Å². The zero-order valence-electron chi connectivity index (χ0n) is 15.9. The minimum Gasteiger partial charge on any atom is -0.482 e. The van der Waals surface area contributed by atoms with Gasteiger partial charge in [-0.1, -0.05) is 24.3 Å². The van der Waals surface area contributed by atoms with E-state index in [2.05, 4.69) is 0 Å². The smallest absolute Gasteiger partial charge is 0.344 e. The van der Waals surface area contributed by atoms with Crippen LogP contribution < -0.4 is 4.74 Å². The summed E-state index contributed by atoms with van der Waals surface area (Å²) in [5.74, 6) is -0.995. The van der Waals surface area contributed by atoms with Crippen LogP contribution in [0.1, 0.15) is 47.1 Å². The normalized spacial score (nSPS) is 13.5. The van der Waals surface area contributed by atoms with Gasteiger partial charge in [0.1, 0.15) is 18.0 Å². The lowest BCUT2D eigenvalue weighted by atomic mass is 10.1. The molecule has 0 bridgehead atoms. The van der Waals surface area contributed by atoms with Gasteiger partial charge in [0.2, 0.25) is 0 Å². The maximum Gasteiger partial charge on any atom is 0.344 e. The first-order valence-electron chi connectivity index (χ1n) is 8.79. The zero-order chi connectivity index (χ0) is 20.3. The van der Waals surface area contributed by atoms with Crippen molar-refractivity contribution >= 4 is 17.8 Å². The van der Waals surface area contributed by atoms with Gasteiger partial charge in [-0.05, 0) is 50.6 Å². The molecule has 2 aromatic rings. The zero-order valence-corrected chi connectivity index (χ0v) is 15.9. The first-order valence-corrected chi connectivity index (χ1v) is 8.79. The maximum atomic E-state index is 12.3. The molecule has 0 saturated heterocycles. The average Bonchev–Trinajstić information content (AvgIpc) is 2.88. The number of esters is 1. The number of hydroxylamine groups is 2. The van der Waals surface area contributed by atoms with Crippen molar-refractivity contribution < 1.29 is 28.7 Å². The molecular weight excluding hydrogens is 362 g/mol. The van der Waals surface area contributed by atoms with Crippen molar-refractivity contribution in [1.29, 1.82) is 0 Å². The lowest BCUT2D eigenvalue weighted by Gasteiger charge is -2.19. The number of carbonyl (C=O) groups excluding carboxylic acids is 3. The highest BCUT2D eigenvalue weighted by Crippen LogP contribution is 2.24. The summed E-state index contributed by atoms with van der Waals surface area (Å²) in [5, 5.41) is 0.763. The topological polar surface area (TPSA) is 82.1 Å². The summed E-state index contributed by atoms with van der Waals surface area (Å²) >= 11 is 0. The van der Waals surface area contributed by atoms with E-state index in [0.717, 1.165) is 5.06 Å². The Morgan fingerprint density at radius 1 is 0.964 bits per heavy atom. The summed E-state index contributed by atoms with van der Waals surface area (Å²) < 4.78 is 10.6. The lowest BCUT2D eigenvalue weighted by Crippen LogP contribution is -2.29. The number of fused-ring (bicyclic) bond motifs is 1. The van der Waals surface area contributed by atoms with Gasteiger partial charge in [0.25, 0.3) is 11.8 Å². The SMILES string of the molecule is CC(C)(C)OC(=O)COc1cccc(CON2C(=O)c3ccccc3C2=O)c1. The minimum absolute atomic E-state index is 0.00486. The van der Waals surface area contributed by atoms with Gasteiger partial charge in [-0.15, -0.1) is 5.06 Å². The highest BCUT2D eigenvalue weighted by molar-refractivity contribution is 6.20. The van der Waals surface area contributed by atoms with Crippen LogP contribution in [0.4, 0.5) is 0 Å². The van der Waals surface area contributed by atoms with Crippen LogP contribution >= 0.6 is 0 Å². The van der Waals surface area contributed by atoms with Crippen molar-refractivity contribution in [3.8, 4) is 5.75 Å². The number of rotatable bonds is 6. The second kappa shape index (κ2) is 7.82. The van der Waals surface area contributed by atoms with Gasteiger partial charge < -0.3 is 9.47 Å². The summed E-state index contributed by atoms with van der Waals surface area (Å²) in [6.07, 6.45) is 0. The molecule has 1 heterocycles. The Kier molecular flexibility index (Phi) is 5.46. The number of nitrogens with zero attached hydrogens (tertiary/aromatic N) is 1. The van der Waals surface area contributed by atoms with Gasteiger partial charge in [-0.25, -0.2) is 4.79 Å². The molecular formula is C21H21NO6. The third kappa shape index (κ3) is 4.55. The Bertz CT molecular complexity index is 880. The first kappa shape index (κ1) is 19.6. The Morgan fingerprint density at radius 2 is 1.61 bits per heavy atom. The first-order chi connectivity index (χ1) is 13.2. The van der Waals surface area contributed by atoms with Crippen LogP contribution in [0.3, 0.4) is 0 Å². The van der Waals surface area contributed by atoms with Gasteiger partial charge >= 0.3 is 5.97 Å². The van der Waals surface area contributed by atoms with E-state index in [-0.39, 0.29) is 13.2 Å². The molecule has 1 aliphatic heterocycles. The molecule has 146 valence electrons. The maximum absolute atomic E-state index is 12.3. The second-order valence-electron chi connectivity index (χ2n) is 7.25. The molecule has 0 fully saturated rings. The molecule has 7 nitrogen and oxygen atoms in total. The standard InChI is InChI=1S/C21H21NO6/c1-21(2,3)28-18(23)13-26-15-8-6-7-14(11-15)12-27-22-19(24)16-9-4-5-10-17(16)20(22)25/h4-11H,12-13H2,1-3H3. The average molecular weight is 383 g/mol. The van der Waals surface area contributed by atoms with Crippen LogP contribution in [0.5, 0.6) is 5.75 Å². The predicted octanol–water partition coefficient (Wildman–Crippen LogP) is 3.13. The molecule has 2 amide bonds. The Balaban J connectivity index is 1.58. The van der Waals surface area contributed by atoms with Crippen molar-refractivity contribution in [2.45, 2.75) is 33.0 Å². The number of hydrogen-bond donors (Lipinski definition) is 0. The Hall–Kier alpha value is -3.19. The minimum atomic E-state index is -0.581. The fourth-order valence-corrected chi connectivity index (χ4v) is 2.66. The van der Waals surface area contributed by atoms with Crippen LogP contribution in [0, 0.1) is 0 Å². The molecule has 1 aliphatic rings. The van der Waals surface area contributed by atoms with Crippen molar-refractivity contribution in [2.24, 2.45) is 0 Å². The largest absolute Gasteiger partial charge is 0.482 e. The number of amides is 2. The third-order valence-corrected chi connectivity index (χ3v) is 3.79. The van der Waals surface area contributed by atoms with Gasteiger partial charge in [-0.3, -0.25) is 14.4 Å². The molecule has 7 heteroatoms. The van der Waals surface area contributed by atoms with E-state index in [9.17, 15) is 14.4 Å².